The van der Waals surface area contributed by atoms with Gasteiger partial charge in [-0.3, -0.25) is 0 Å². The predicted octanol–water partition coefficient (Wildman–Crippen LogP) is 11.6. The summed E-state index contributed by atoms with van der Waals surface area (Å²) in [7, 11) is 0. The molecular formula is C38H56F2O4. The van der Waals surface area contributed by atoms with Crippen LogP contribution in [0.4, 0.5) is 8.78 Å². The van der Waals surface area contributed by atoms with Crippen LogP contribution >= 0.6 is 0 Å². The molecule has 0 atom stereocenters. The Labute approximate surface area is 265 Å². The summed E-state index contributed by atoms with van der Waals surface area (Å²) in [5.41, 5.74) is -0.465. The van der Waals surface area contributed by atoms with Crippen molar-refractivity contribution < 1.29 is 27.8 Å². The molecule has 44 heavy (non-hydrogen) atoms. The zero-order chi connectivity index (χ0) is 31.4. The van der Waals surface area contributed by atoms with Crippen molar-refractivity contribution in [2.75, 3.05) is 13.2 Å². The highest BCUT2D eigenvalue weighted by Gasteiger charge is 2.22. The molecule has 1 fully saturated rings. The van der Waals surface area contributed by atoms with E-state index in [1.165, 1.54) is 108 Å². The lowest BCUT2D eigenvalue weighted by Gasteiger charge is -2.28. The van der Waals surface area contributed by atoms with E-state index < -0.39 is 23.2 Å². The lowest BCUT2D eigenvalue weighted by atomic mass is 9.78. The first-order chi connectivity index (χ1) is 21.5. The number of carbonyl (C=O) groups excluding carboxylic acids is 1. The zero-order valence-electron chi connectivity index (χ0n) is 27.4. The van der Waals surface area contributed by atoms with E-state index in [2.05, 4.69) is 13.8 Å². The Kier molecular flexibility index (Phi) is 17.2. The van der Waals surface area contributed by atoms with Crippen molar-refractivity contribution in [1.82, 2.24) is 0 Å². The van der Waals surface area contributed by atoms with Crippen LogP contribution in [0.15, 0.2) is 36.4 Å². The van der Waals surface area contributed by atoms with Gasteiger partial charge in [0.05, 0.1) is 18.8 Å². The highest BCUT2D eigenvalue weighted by Crippen LogP contribution is 2.34. The van der Waals surface area contributed by atoms with Crippen LogP contribution in [0.5, 0.6) is 17.2 Å². The van der Waals surface area contributed by atoms with Crippen LogP contribution in [-0.2, 0) is 0 Å². The minimum Gasteiger partial charge on any atom is -0.494 e. The summed E-state index contributed by atoms with van der Waals surface area (Å²) < 4.78 is 46.0. The minimum atomic E-state index is -1.26. The monoisotopic (exact) mass is 614 g/mol. The molecule has 1 aliphatic carbocycles. The van der Waals surface area contributed by atoms with E-state index in [9.17, 15) is 13.6 Å². The van der Waals surface area contributed by atoms with Gasteiger partial charge in [0.2, 0.25) is 5.82 Å². The fraction of sp³-hybridized carbons (Fsp3) is 0.658. The molecule has 0 radical (unpaired) electrons. The van der Waals surface area contributed by atoms with E-state index in [4.69, 9.17) is 14.2 Å². The van der Waals surface area contributed by atoms with Crippen molar-refractivity contribution in [3.63, 3.8) is 0 Å². The standard InChI is InChI=1S/C38H56F2O4/c1-3-5-7-8-9-10-11-12-14-28-43-35-27-26-34(36(39)37(35)40)38(41)44-33-24-22-32(23-25-33)42-29-15-17-31-20-18-30(19-21-31)16-13-6-4-2/h22-27,30-31H,3-21,28-29H2,1-2H3/t30-,31-. The maximum atomic E-state index is 14.7. The average molecular weight is 615 g/mol. The number of hydrogen-bond donors (Lipinski definition) is 0. The average Bonchev–Trinajstić information content (AvgIpc) is 3.03. The molecule has 0 heterocycles. The van der Waals surface area contributed by atoms with Gasteiger partial charge in [-0.2, -0.15) is 4.39 Å². The third-order valence-electron chi connectivity index (χ3n) is 9.01. The Morgan fingerprint density at radius 1 is 0.614 bits per heavy atom. The van der Waals surface area contributed by atoms with E-state index in [0.29, 0.717) is 19.0 Å². The Balaban J connectivity index is 1.32. The summed E-state index contributed by atoms with van der Waals surface area (Å²) in [5.74, 6) is -0.892. The van der Waals surface area contributed by atoms with E-state index in [0.717, 1.165) is 37.5 Å². The largest absolute Gasteiger partial charge is 0.494 e. The zero-order valence-corrected chi connectivity index (χ0v) is 27.4. The summed E-state index contributed by atoms with van der Waals surface area (Å²) in [6.07, 6.45) is 23.6. The quantitative estimate of drug-likeness (QED) is 0.0752. The predicted molar refractivity (Wildman–Crippen MR) is 175 cm³/mol. The van der Waals surface area contributed by atoms with Gasteiger partial charge >= 0.3 is 5.97 Å². The molecule has 1 saturated carbocycles. The summed E-state index contributed by atoms with van der Waals surface area (Å²) in [6, 6.07) is 9.16. The van der Waals surface area contributed by atoms with Crippen molar-refractivity contribution in [3.05, 3.63) is 53.6 Å². The van der Waals surface area contributed by atoms with Crippen LogP contribution in [0.3, 0.4) is 0 Å². The first-order valence-corrected chi connectivity index (χ1v) is 17.6. The maximum absolute atomic E-state index is 14.7. The van der Waals surface area contributed by atoms with E-state index in [1.54, 1.807) is 24.3 Å². The molecule has 0 aliphatic heterocycles. The molecule has 3 rings (SSSR count). The SMILES string of the molecule is CCCCCCCCCCCOc1ccc(C(=O)Oc2ccc(OCCC[C@H]3CC[C@H](CCCCC)CC3)cc2)c(F)c1F. The normalized spacial score (nSPS) is 16.5. The molecule has 2 aromatic rings. The van der Waals surface area contributed by atoms with Crippen molar-refractivity contribution in [3.8, 4) is 17.2 Å². The number of unbranched alkanes of at least 4 members (excludes halogenated alkanes) is 10. The van der Waals surface area contributed by atoms with Crippen molar-refractivity contribution >= 4 is 5.97 Å². The molecular weight excluding hydrogens is 558 g/mol. The molecule has 6 heteroatoms. The van der Waals surface area contributed by atoms with Gasteiger partial charge in [-0.1, -0.05) is 117 Å². The minimum absolute atomic E-state index is 0.185. The third-order valence-corrected chi connectivity index (χ3v) is 9.01. The van der Waals surface area contributed by atoms with Gasteiger partial charge in [0.25, 0.3) is 0 Å². The lowest BCUT2D eigenvalue weighted by molar-refractivity contribution is 0.0728. The molecule has 0 spiro atoms. The molecule has 0 bridgehead atoms. The van der Waals surface area contributed by atoms with Crippen molar-refractivity contribution in [2.45, 2.75) is 136 Å². The number of hydrogen-bond acceptors (Lipinski definition) is 4. The smallest absolute Gasteiger partial charge is 0.346 e. The Bertz CT molecular complexity index is 1060. The first-order valence-electron chi connectivity index (χ1n) is 17.6. The second-order valence-electron chi connectivity index (χ2n) is 12.7. The molecule has 0 N–H and O–H groups in total. The molecule has 0 saturated heterocycles. The lowest BCUT2D eigenvalue weighted by Crippen LogP contribution is -2.15. The van der Waals surface area contributed by atoms with Gasteiger partial charge < -0.3 is 14.2 Å². The highest BCUT2D eigenvalue weighted by atomic mass is 19.2. The number of ether oxygens (including phenoxy) is 3. The molecule has 1 aliphatic rings. The summed E-state index contributed by atoms with van der Waals surface area (Å²) in [5, 5.41) is 0. The third kappa shape index (κ3) is 13.2. The van der Waals surface area contributed by atoms with Crippen LogP contribution in [-0.4, -0.2) is 19.2 Å². The Morgan fingerprint density at radius 3 is 1.77 bits per heavy atom. The summed E-state index contributed by atoms with van der Waals surface area (Å²) in [4.78, 5) is 12.6. The van der Waals surface area contributed by atoms with Gasteiger partial charge in [0.15, 0.2) is 11.6 Å². The topological polar surface area (TPSA) is 44.8 Å². The summed E-state index contributed by atoms with van der Waals surface area (Å²) >= 11 is 0. The molecule has 2 aromatic carbocycles. The van der Waals surface area contributed by atoms with E-state index in [-0.39, 0.29) is 11.5 Å². The Morgan fingerprint density at radius 2 is 1.14 bits per heavy atom. The van der Waals surface area contributed by atoms with Crippen LogP contribution in [0, 0.1) is 23.5 Å². The van der Waals surface area contributed by atoms with E-state index in [1.807, 2.05) is 0 Å². The Hall–Kier alpha value is -2.63. The number of benzene rings is 2. The highest BCUT2D eigenvalue weighted by molar-refractivity contribution is 5.91. The van der Waals surface area contributed by atoms with Gasteiger partial charge in [0.1, 0.15) is 11.5 Å². The number of carbonyl (C=O) groups is 1. The molecule has 0 amide bonds. The molecule has 0 unspecified atom stereocenters. The van der Waals surface area contributed by atoms with Gasteiger partial charge in [0, 0.05) is 0 Å². The molecule has 4 nitrogen and oxygen atoms in total. The van der Waals surface area contributed by atoms with Gasteiger partial charge in [-0.25, -0.2) is 9.18 Å². The van der Waals surface area contributed by atoms with E-state index >= 15 is 0 Å². The molecule has 246 valence electrons. The van der Waals surface area contributed by atoms with Gasteiger partial charge in [-0.15, -0.1) is 0 Å². The number of halogens is 2. The van der Waals surface area contributed by atoms with Crippen LogP contribution in [0.2, 0.25) is 0 Å². The van der Waals surface area contributed by atoms with Crippen LogP contribution in [0.1, 0.15) is 146 Å². The molecule has 0 aromatic heterocycles. The van der Waals surface area contributed by atoms with Crippen LogP contribution < -0.4 is 14.2 Å². The number of rotatable bonds is 22. The first kappa shape index (κ1) is 35.8. The van der Waals surface area contributed by atoms with Gasteiger partial charge in [-0.05, 0) is 67.5 Å². The van der Waals surface area contributed by atoms with Crippen LogP contribution in [0.25, 0.3) is 0 Å². The number of esters is 1. The summed E-state index contributed by atoms with van der Waals surface area (Å²) in [6.45, 7) is 5.44. The van der Waals surface area contributed by atoms with Crippen molar-refractivity contribution in [1.29, 1.82) is 0 Å². The fourth-order valence-electron chi connectivity index (χ4n) is 6.22. The second-order valence-corrected chi connectivity index (χ2v) is 12.7. The maximum Gasteiger partial charge on any atom is 0.346 e. The van der Waals surface area contributed by atoms with Crippen molar-refractivity contribution in [2.24, 2.45) is 11.8 Å². The second kappa shape index (κ2) is 21.2. The fourth-order valence-corrected chi connectivity index (χ4v) is 6.22.